The summed E-state index contributed by atoms with van der Waals surface area (Å²) in [7, 11) is 0. The number of nitrogens with two attached hydrogens (primary N) is 1. The van der Waals surface area contributed by atoms with Crippen molar-refractivity contribution in [2.75, 3.05) is 0 Å². The Kier molecular flexibility index (Phi) is 3.07. The second-order valence-electron chi connectivity index (χ2n) is 4.09. The second-order valence-corrected chi connectivity index (χ2v) is 5.04. The Morgan fingerprint density at radius 3 is 2.69 bits per heavy atom. The minimum absolute atomic E-state index is 0.234. The molecule has 0 amide bonds. The first kappa shape index (κ1) is 11.3. The summed E-state index contributed by atoms with van der Waals surface area (Å²) in [5.74, 6) is 1.44. The number of hydrogen-bond donors (Lipinski definition) is 1. The number of hydrogen-bond acceptors (Lipinski definition) is 5. The molecule has 4 nitrogen and oxygen atoms in total. The van der Waals surface area contributed by atoms with Gasteiger partial charge in [0.15, 0.2) is 5.82 Å². The molecule has 1 unspecified atom stereocenters. The van der Waals surface area contributed by atoms with Crippen LogP contribution in [0.25, 0.3) is 0 Å². The summed E-state index contributed by atoms with van der Waals surface area (Å²) in [5, 5.41) is 5.95. The van der Waals surface area contributed by atoms with Crippen molar-refractivity contribution in [3.05, 3.63) is 33.6 Å². The maximum atomic E-state index is 6.10. The second kappa shape index (κ2) is 4.35. The zero-order valence-corrected chi connectivity index (χ0v) is 10.4. The fourth-order valence-corrected chi connectivity index (χ4v) is 2.35. The van der Waals surface area contributed by atoms with Gasteiger partial charge in [-0.3, -0.25) is 0 Å². The van der Waals surface area contributed by atoms with Crippen molar-refractivity contribution < 1.29 is 4.52 Å². The summed E-state index contributed by atoms with van der Waals surface area (Å²) in [4.78, 5) is 5.40. The molecule has 86 valence electrons. The molecule has 16 heavy (non-hydrogen) atoms. The zero-order chi connectivity index (χ0) is 11.7. The quantitative estimate of drug-likeness (QED) is 0.891. The molecular formula is C11H15N3OS. The van der Waals surface area contributed by atoms with Crippen LogP contribution in [0.15, 0.2) is 16.0 Å². The average molecular weight is 237 g/mol. The minimum atomic E-state index is -0.281. The van der Waals surface area contributed by atoms with Crippen molar-refractivity contribution in [3.63, 3.8) is 0 Å². The first-order valence-electron chi connectivity index (χ1n) is 5.22. The lowest BCUT2D eigenvalue weighted by Gasteiger charge is -2.05. The van der Waals surface area contributed by atoms with Gasteiger partial charge < -0.3 is 10.3 Å². The van der Waals surface area contributed by atoms with Gasteiger partial charge in [0.05, 0.1) is 0 Å². The SMILES string of the molecule is Cc1ccsc1C(N)c1noc(C(C)C)n1. The largest absolute Gasteiger partial charge is 0.339 e. The van der Waals surface area contributed by atoms with Gasteiger partial charge >= 0.3 is 0 Å². The minimum Gasteiger partial charge on any atom is -0.339 e. The summed E-state index contributed by atoms with van der Waals surface area (Å²) < 4.78 is 5.15. The van der Waals surface area contributed by atoms with Gasteiger partial charge in [0, 0.05) is 10.8 Å². The van der Waals surface area contributed by atoms with E-state index in [-0.39, 0.29) is 12.0 Å². The van der Waals surface area contributed by atoms with E-state index in [0.717, 1.165) is 4.88 Å². The Bertz CT molecular complexity index is 475. The number of nitrogens with zero attached hydrogens (tertiary/aromatic N) is 2. The highest BCUT2D eigenvalue weighted by molar-refractivity contribution is 7.10. The van der Waals surface area contributed by atoms with Crippen LogP contribution in [0.4, 0.5) is 0 Å². The monoisotopic (exact) mass is 237 g/mol. The molecule has 0 saturated carbocycles. The maximum absolute atomic E-state index is 6.10. The smallest absolute Gasteiger partial charge is 0.229 e. The van der Waals surface area contributed by atoms with E-state index < -0.39 is 0 Å². The standard InChI is InChI=1S/C11H15N3OS/c1-6(2)11-13-10(14-15-11)8(12)9-7(3)4-5-16-9/h4-6,8H,12H2,1-3H3. The molecule has 0 fully saturated rings. The van der Waals surface area contributed by atoms with Crippen molar-refractivity contribution in [1.29, 1.82) is 0 Å². The van der Waals surface area contributed by atoms with Crippen LogP contribution < -0.4 is 5.73 Å². The van der Waals surface area contributed by atoms with E-state index in [2.05, 4.69) is 10.1 Å². The van der Waals surface area contributed by atoms with E-state index in [4.69, 9.17) is 10.3 Å². The highest BCUT2D eigenvalue weighted by Crippen LogP contribution is 2.26. The molecule has 2 aromatic heterocycles. The predicted octanol–water partition coefficient (Wildman–Crippen LogP) is 2.61. The van der Waals surface area contributed by atoms with E-state index in [1.165, 1.54) is 5.56 Å². The fourth-order valence-electron chi connectivity index (χ4n) is 1.43. The van der Waals surface area contributed by atoms with Crippen molar-refractivity contribution in [2.24, 2.45) is 5.73 Å². The first-order chi connectivity index (χ1) is 7.59. The van der Waals surface area contributed by atoms with Gasteiger partial charge in [-0.25, -0.2) is 0 Å². The maximum Gasteiger partial charge on any atom is 0.229 e. The van der Waals surface area contributed by atoms with Crippen molar-refractivity contribution in [2.45, 2.75) is 32.7 Å². The third-order valence-corrected chi connectivity index (χ3v) is 3.52. The Morgan fingerprint density at radius 2 is 2.19 bits per heavy atom. The van der Waals surface area contributed by atoms with Crippen LogP contribution in [0.3, 0.4) is 0 Å². The molecule has 0 bridgehead atoms. The molecule has 0 radical (unpaired) electrons. The van der Waals surface area contributed by atoms with Crippen LogP contribution in [0.2, 0.25) is 0 Å². The van der Waals surface area contributed by atoms with Gasteiger partial charge in [-0.05, 0) is 23.9 Å². The highest BCUT2D eigenvalue weighted by Gasteiger charge is 2.19. The summed E-state index contributed by atoms with van der Waals surface area (Å²) >= 11 is 1.62. The molecule has 0 aromatic carbocycles. The Hall–Kier alpha value is -1.20. The topological polar surface area (TPSA) is 64.9 Å². The van der Waals surface area contributed by atoms with E-state index >= 15 is 0 Å². The highest BCUT2D eigenvalue weighted by atomic mass is 32.1. The normalized spacial score (nSPS) is 13.3. The van der Waals surface area contributed by atoms with Crippen molar-refractivity contribution in [1.82, 2.24) is 10.1 Å². The molecule has 2 aromatic rings. The predicted molar refractivity (Wildman–Crippen MR) is 63.5 cm³/mol. The van der Waals surface area contributed by atoms with Crippen LogP contribution in [-0.4, -0.2) is 10.1 Å². The van der Waals surface area contributed by atoms with Crippen LogP contribution >= 0.6 is 11.3 Å². The van der Waals surface area contributed by atoms with E-state index in [0.29, 0.717) is 11.7 Å². The van der Waals surface area contributed by atoms with Gasteiger partial charge in [0.25, 0.3) is 0 Å². The third kappa shape index (κ3) is 2.01. The number of aromatic nitrogens is 2. The molecule has 0 aliphatic rings. The Balaban J connectivity index is 2.27. The molecule has 1 atom stereocenters. The van der Waals surface area contributed by atoms with Gasteiger partial charge in [-0.2, -0.15) is 4.98 Å². The molecule has 0 spiro atoms. The average Bonchev–Trinajstić information content (AvgIpc) is 2.84. The van der Waals surface area contributed by atoms with Crippen LogP contribution in [-0.2, 0) is 0 Å². The van der Waals surface area contributed by atoms with Gasteiger partial charge in [0.2, 0.25) is 5.89 Å². The van der Waals surface area contributed by atoms with Gasteiger partial charge in [-0.1, -0.05) is 19.0 Å². The van der Waals surface area contributed by atoms with Crippen molar-refractivity contribution >= 4 is 11.3 Å². The molecule has 2 N–H and O–H groups in total. The van der Waals surface area contributed by atoms with Crippen LogP contribution in [0.5, 0.6) is 0 Å². The lowest BCUT2D eigenvalue weighted by Crippen LogP contribution is -2.13. The summed E-state index contributed by atoms with van der Waals surface area (Å²) in [6, 6.07) is 1.76. The van der Waals surface area contributed by atoms with Gasteiger partial charge in [0.1, 0.15) is 6.04 Å². The van der Waals surface area contributed by atoms with Crippen LogP contribution in [0, 0.1) is 6.92 Å². The molecule has 2 heterocycles. The lowest BCUT2D eigenvalue weighted by atomic mass is 10.1. The number of rotatable bonds is 3. The molecular weight excluding hydrogens is 222 g/mol. The summed E-state index contributed by atoms with van der Waals surface area (Å²) in [6.45, 7) is 6.06. The molecule has 0 aliphatic heterocycles. The Morgan fingerprint density at radius 1 is 1.44 bits per heavy atom. The lowest BCUT2D eigenvalue weighted by molar-refractivity contribution is 0.359. The number of aryl methyl sites for hydroxylation is 1. The van der Waals surface area contributed by atoms with E-state index in [1.807, 2.05) is 32.2 Å². The van der Waals surface area contributed by atoms with E-state index in [1.54, 1.807) is 11.3 Å². The summed E-state index contributed by atoms with van der Waals surface area (Å²) in [5.41, 5.74) is 7.27. The molecule has 0 aliphatic carbocycles. The Labute approximate surface area is 98.5 Å². The molecule has 5 heteroatoms. The van der Waals surface area contributed by atoms with Gasteiger partial charge in [-0.15, -0.1) is 11.3 Å². The van der Waals surface area contributed by atoms with Crippen molar-refractivity contribution in [3.8, 4) is 0 Å². The summed E-state index contributed by atoms with van der Waals surface area (Å²) in [6.07, 6.45) is 0. The molecule has 0 saturated heterocycles. The first-order valence-corrected chi connectivity index (χ1v) is 6.10. The van der Waals surface area contributed by atoms with Crippen LogP contribution in [0.1, 0.15) is 48.0 Å². The fraction of sp³-hybridized carbons (Fsp3) is 0.455. The third-order valence-electron chi connectivity index (χ3n) is 2.41. The zero-order valence-electron chi connectivity index (χ0n) is 9.60. The molecule has 2 rings (SSSR count). The number of thiophene rings is 1. The van der Waals surface area contributed by atoms with E-state index in [9.17, 15) is 0 Å².